The van der Waals surface area contributed by atoms with Crippen LogP contribution in [0.15, 0.2) is 103 Å². The quantitative estimate of drug-likeness (QED) is 0.218. The molecular formula is C36H41ClN4O2. The Morgan fingerprint density at radius 1 is 0.791 bits per heavy atom. The van der Waals surface area contributed by atoms with E-state index < -0.39 is 0 Å². The first-order valence-electron chi connectivity index (χ1n) is 14.8. The highest BCUT2D eigenvalue weighted by molar-refractivity contribution is 6.10. The van der Waals surface area contributed by atoms with E-state index >= 15 is 0 Å². The molecule has 1 fully saturated rings. The smallest absolute Gasteiger partial charge is 0.258 e. The predicted octanol–water partition coefficient (Wildman–Crippen LogP) is 7.47. The Hall–Kier alpha value is -4.13. The summed E-state index contributed by atoms with van der Waals surface area (Å²) in [7, 11) is 1.83. The van der Waals surface area contributed by atoms with Crippen LogP contribution >= 0.6 is 12.4 Å². The maximum Gasteiger partial charge on any atom is 0.258 e. The average Bonchev–Trinajstić information content (AvgIpc) is 3.04. The molecule has 43 heavy (non-hydrogen) atoms. The van der Waals surface area contributed by atoms with Crippen LogP contribution in [-0.4, -0.2) is 56.5 Å². The van der Waals surface area contributed by atoms with Crippen molar-refractivity contribution < 1.29 is 9.59 Å². The minimum absolute atomic E-state index is 0. The second kappa shape index (κ2) is 14.9. The van der Waals surface area contributed by atoms with E-state index in [4.69, 9.17) is 0 Å². The molecule has 2 amide bonds. The van der Waals surface area contributed by atoms with Crippen molar-refractivity contribution in [2.45, 2.75) is 20.3 Å². The normalized spacial score (nSPS) is 13.3. The first kappa shape index (κ1) is 31.8. The number of hydrogen-bond acceptors (Lipinski definition) is 4. The lowest BCUT2D eigenvalue weighted by Crippen LogP contribution is -2.47. The third kappa shape index (κ3) is 7.83. The third-order valence-electron chi connectivity index (χ3n) is 7.93. The van der Waals surface area contributed by atoms with Gasteiger partial charge in [0.25, 0.3) is 11.8 Å². The number of amides is 2. The van der Waals surface area contributed by atoms with Crippen molar-refractivity contribution in [3.63, 3.8) is 0 Å². The highest BCUT2D eigenvalue weighted by Crippen LogP contribution is 2.31. The number of piperazine rings is 1. The summed E-state index contributed by atoms with van der Waals surface area (Å²) < 4.78 is 0. The van der Waals surface area contributed by atoms with Gasteiger partial charge in [-0.2, -0.15) is 0 Å². The van der Waals surface area contributed by atoms with E-state index in [1.54, 1.807) is 29.2 Å². The fraction of sp³-hybridized carbons (Fsp3) is 0.278. The summed E-state index contributed by atoms with van der Waals surface area (Å²) in [5, 5.41) is 2.99. The second-order valence-corrected chi connectivity index (χ2v) is 11.3. The Balaban J connectivity index is 0.00000423. The van der Waals surface area contributed by atoms with Crippen molar-refractivity contribution >= 4 is 41.3 Å². The Kier molecular flexibility index (Phi) is 11.0. The molecule has 5 rings (SSSR count). The summed E-state index contributed by atoms with van der Waals surface area (Å²) in [6, 6.07) is 32.7. The molecule has 4 aromatic carbocycles. The highest BCUT2D eigenvalue weighted by Gasteiger charge is 2.23. The molecule has 0 bridgehead atoms. The zero-order chi connectivity index (χ0) is 29.5. The van der Waals surface area contributed by atoms with Gasteiger partial charge in [-0.1, -0.05) is 74.5 Å². The minimum atomic E-state index is -0.191. The second-order valence-electron chi connectivity index (χ2n) is 11.3. The Bertz CT molecular complexity index is 1500. The summed E-state index contributed by atoms with van der Waals surface area (Å²) in [6.45, 7) is 9.63. The first-order chi connectivity index (χ1) is 20.4. The molecule has 1 aliphatic heterocycles. The van der Waals surface area contributed by atoms with Gasteiger partial charge in [-0.3, -0.25) is 14.5 Å². The van der Waals surface area contributed by atoms with Crippen molar-refractivity contribution in [3.05, 3.63) is 114 Å². The summed E-state index contributed by atoms with van der Waals surface area (Å²) in [6.07, 6.45) is 1.22. The molecule has 1 aliphatic rings. The number of halogens is 1. The van der Waals surface area contributed by atoms with Crippen LogP contribution in [0.5, 0.6) is 0 Å². The fourth-order valence-electron chi connectivity index (χ4n) is 5.42. The van der Waals surface area contributed by atoms with Crippen molar-refractivity contribution in [1.29, 1.82) is 0 Å². The van der Waals surface area contributed by atoms with Crippen molar-refractivity contribution in [2.24, 2.45) is 5.92 Å². The largest absolute Gasteiger partial charge is 0.367 e. The molecule has 0 aromatic heterocycles. The van der Waals surface area contributed by atoms with E-state index in [9.17, 15) is 9.59 Å². The van der Waals surface area contributed by atoms with Gasteiger partial charge in [0, 0.05) is 50.0 Å². The van der Waals surface area contributed by atoms with E-state index in [0.29, 0.717) is 22.7 Å². The van der Waals surface area contributed by atoms with Crippen LogP contribution in [0.4, 0.5) is 17.1 Å². The topological polar surface area (TPSA) is 55.9 Å². The van der Waals surface area contributed by atoms with E-state index in [1.165, 1.54) is 6.42 Å². The molecule has 0 aliphatic carbocycles. The number of rotatable bonds is 9. The molecule has 0 spiro atoms. The molecule has 0 unspecified atom stereocenters. The third-order valence-corrected chi connectivity index (χ3v) is 7.93. The van der Waals surface area contributed by atoms with Gasteiger partial charge in [-0.15, -0.1) is 12.4 Å². The first-order valence-corrected chi connectivity index (χ1v) is 14.8. The summed E-state index contributed by atoms with van der Waals surface area (Å²) in [5.41, 5.74) is 5.64. The van der Waals surface area contributed by atoms with Gasteiger partial charge < -0.3 is 15.1 Å². The van der Waals surface area contributed by atoms with Crippen LogP contribution < -0.4 is 15.1 Å². The molecule has 6 nitrogen and oxygen atoms in total. The summed E-state index contributed by atoms with van der Waals surface area (Å²) in [5.74, 6) is 0.430. The summed E-state index contributed by atoms with van der Waals surface area (Å²) >= 11 is 0. The molecular weight excluding hydrogens is 556 g/mol. The van der Waals surface area contributed by atoms with Crippen molar-refractivity contribution in [1.82, 2.24) is 4.90 Å². The number of nitrogens with zero attached hydrogens (tertiary/aromatic N) is 3. The molecule has 7 heteroatoms. The maximum absolute atomic E-state index is 13.5. The number of carbonyl (C=O) groups is 2. The van der Waals surface area contributed by atoms with Crippen LogP contribution in [0.25, 0.3) is 11.1 Å². The molecule has 0 saturated carbocycles. The maximum atomic E-state index is 13.5. The number of nitrogens with one attached hydrogen (secondary N) is 1. The van der Waals surface area contributed by atoms with E-state index in [2.05, 4.69) is 35.0 Å². The molecule has 0 radical (unpaired) electrons. The molecule has 224 valence electrons. The van der Waals surface area contributed by atoms with Gasteiger partial charge >= 0.3 is 0 Å². The predicted molar refractivity (Wildman–Crippen MR) is 181 cm³/mol. The number of anilines is 3. The van der Waals surface area contributed by atoms with E-state index in [1.807, 2.05) is 79.8 Å². The Morgan fingerprint density at radius 3 is 2.12 bits per heavy atom. The molecule has 1 saturated heterocycles. The van der Waals surface area contributed by atoms with Gasteiger partial charge in [-0.25, -0.2) is 0 Å². The van der Waals surface area contributed by atoms with Crippen LogP contribution in [0.2, 0.25) is 0 Å². The average molecular weight is 597 g/mol. The zero-order valence-electron chi connectivity index (χ0n) is 25.2. The molecule has 1 N–H and O–H groups in total. The van der Waals surface area contributed by atoms with Crippen molar-refractivity contribution in [3.8, 4) is 11.1 Å². The Morgan fingerprint density at radius 2 is 1.42 bits per heavy atom. The van der Waals surface area contributed by atoms with Crippen LogP contribution in [0.1, 0.15) is 41.0 Å². The number of para-hydroxylation sites is 2. The van der Waals surface area contributed by atoms with Gasteiger partial charge in [-0.05, 0) is 72.5 Å². The molecule has 0 atom stereocenters. The lowest BCUT2D eigenvalue weighted by atomic mass is 9.99. The van der Waals surface area contributed by atoms with E-state index in [-0.39, 0.29) is 24.2 Å². The van der Waals surface area contributed by atoms with Gasteiger partial charge in [0.05, 0.1) is 11.4 Å². The monoisotopic (exact) mass is 596 g/mol. The SMILES string of the molecule is CC(C)CCN1CCN(c2ccccc2N(C)C(=O)c2ccc(NC(=O)c3ccccc3-c3ccccc3)cc2)CC1.Cl. The minimum Gasteiger partial charge on any atom is -0.367 e. The summed E-state index contributed by atoms with van der Waals surface area (Å²) in [4.78, 5) is 33.4. The fourth-order valence-corrected chi connectivity index (χ4v) is 5.42. The van der Waals surface area contributed by atoms with E-state index in [0.717, 1.165) is 55.2 Å². The standard InChI is InChI=1S/C36H40N4O2.ClH/c1-27(2)21-22-39-23-25-40(26-24-39)34-16-10-9-15-33(34)38(3)36(42)29-17-19-30(20-18-29)37-35(41)32-14-8-7-13-31(32)28-11-5-4-6-12-28;/h4-20,27H,21-26H2,1-3H3,(H,37,41);1H. The van der Waals surface area contributed by atoms with Crippen molar-refractivity contribution in [2.75, 3.05) is 54.9 Å². The lowest BCUT2D eigenvalue weighted by molar-refractivity contribution is 0.0991. The number of hydrogen-bond donors (Lipinski definition) is 1. The zero-order valence-corrected chi connectivity index (χ0v) is 26.0. The number of carbonyl (C=O) groups excluding carboxylic acids is 2. The van der Waals surface area contributed by atoms with Crippen LogP contribution in [0.3, 0.4) is 0 Å². The van der Waals surface area contributed by atoms with Crippen LogP contribution in [-0.2, 0) is 0 Å². The lowest BCUT2D eigenvalue weighted by Gasteiger charge is -2.38. The molecule has 4 aromatic rings. The number of benzene rings is 4. The highest BCUT2D eigenvalue weighted by atomic mass is 35.5. The Labute approximate surface area is 261 Å². The molecule has 1 heterocycles. The van der Waals surface area contributed by atoms with Crippen LogP contribution in [0, 0.1) is 5.92 Å². The van der Waals surface area contributed by atoms with Gasteiger partial charge in [0.2, 0.25) is 0 Å². The van der Waals surface area contributed by atoms with Gasteiger partial charge in [0.15, 0.2) is 0 Å². The van der Waals surface area contributed by atoms with Gasteiger partial charge in [0.1, 0.15) is 0 Å².